The molecule has 0 aliphatic carbocycles. The van der Waals surface area contributed by atoms with Crippen LogP contribution in [-0.2, 0) is 0 Å². The highest BCUT2D eigenvalue weighted by molar-refractivity contribution is 6.07. The van der Waals surface area contributed by atoms with Crippen LogP contribution in [0.1, 0.15) is 21.7 Å². The number of aromatic nitrogens is 3. The van der Waals surface area contributed by atoms with Crippen molar-refractivity contribution < 1.29 is 13.9 Å². The summed E-state index contributed by atoms with van der Waals surface area (Å²) < 4.78 is 21.8. The minimum absolute atomic E-state index is 0.268. The number of carbonyl (C=O) groups is 1. The van der Waals surface area contributed by atoms with E-state index in [1.807, 2.05) is 19.9 Å². The first kappa shape index (κ1) is 16.3. The molecule has 0 saturated heterocycles. The zero-order valence-electron chi connectivity index (χ0n) is 14.4. The highest BCUT2D eigenvalue weighted by atomic mass is 19.1. The Morgan fingerprint density at radius 3 is 2.77 bits per heavy atom. The number of aryl methyl sites for hydroxylation is 2. The van der Waals surface area contributed by atoms with Crippen LogP contribution in [-0.4, -0.2) is 33.8 Å². The van der Waals surface area contributed by atoms with Gasteiger partial charge in [-0.3, -0.25) is 9.78 Å². The summed E-state index contributed by atoms with van der Waals surface area (Å²) >= 11 is 0. The van der Waals surface area contributed by atoms with E-state index in [4.69, 9.17) is 4.74 Å². The standard InChI is InChI=1S/C19H17FN4O2/c1-12-9-13(2)24(22-12)16-4-3-14(10-15(16)20)19(25)23-7-8-26-18-5-6-21-11-17(18)23/h3-6,9-11H,7-8H2,1-2H3. The smallest absolute Gasteiger partial charge is 0.258 e. The molecule has 1 aliphatic rings. The maximum absolute atomic E-state index is 14.7. The molecule has 3 heterocycles. The van der Waals surface area contributed by atoms with E-state index in [1.54, 1.807) is 35.5 Å². The molecule has 0 N–H and O–H groups in total. The number of benzene rings is 1. The van der Waals surface area contributed by atoms with Gasteiger partial charge in [0.1, 0.15) is 29.5 Å². The Hall–Kier alpha value is -3.22. The van der Waals surface area contributed by atoms with Crippen LogP contribution in [0.15, 0.2) is 42.7 Å². The molecule has 6 nitrogen and oxygen atoms in total. The Morgan fingerprint density at radius 1 is 1.19 bits per heavy atom. The van der Waals surface area contributed by atoms with Gasteiger partial charge in [0.2, 0.25) is 0 Å². The van der Waals surface area contributed by atoms with Gasteiger partial charge in [0.15, 0.2) is 0 Å². The second-order valence-corrected chi connectivity index (χ2v) is 6.15. The van der Waals surface area contributed by atoms with Crippen LogP contribution in [0.5, 0.6) is 5.75 Å². The summed E-state index contributed by atoms with van der Waals surface area (Å²) in [6, 6.07) is 8.02. The molecular weight excluding hydrogens is 335 g/mol. The van der Waals surface area contributed by atoms with Crippen molar-refractivity contribution in [3.05, 3.63) is 65.5 Å². The molecule has 1 aliphatic heterocycles. The Morgan fingerprint density at radius 2 is 2.04 bits per heavy atom. The van der Waals surface area contributed by atoms with Crippen LogP contribution in [0.4, 0.5) is 10.1 Å². The number of carbonyl (C=O) groups excluding carboxylic acids is 1. The van der Waals surface area contributed by atoms with E-state index < -0.39 is 5.82 Å². The summed E-state index contributed by atoms with van der Waals surface area (Å²) in [5.74, 6) is -0.192. The zero-order chi connectivity index (χ0) is 18.3. The van der Waals surface area contributed by atoms with Gasteiger partial charge in [0, 0.05) is 23.5 Å². The van der Waals surface area contributed by atoms with Crippen molar-refractivity contribution in [3.63, 3.8) is 0 Å². The second kappa shape index (κ2) is 6.25. The van der Waals surface area contributed by atoms with Crippen molar-refractivity contribution in [1.29, 1.82) is 0 Å². The summed E-state index contributed by atoms with van der Waals surface area (Å²) in [6.07, 6.45) is 3.18. The van der Waals surface area contributed by atoms with Crippen molar-refractivity contribution in [1.82, 2.24) is 14.8 Å². The number of rotatable bonds is 2. The topological polar surface area (TPSA) is 60.2 Å². The lowest BCUT2D eigenvalue weighted by Crippen LogP contribution is -2.38. The average molecular weight is 352 g/mol. The van der Waals surface area contributed by atoms with Gasteiger partial charge in [0.05, 0.1) is 18.4 Å². The molecule has 0 atom stereocenters. The number of pyridine rings is 1. The van der Waals surface area contributed by atoms with Gasteiger partial charge in [0.25, 0.3) is 5.91 Å². The van der Waals surface area contributed by atoms with Crippen molar-refractivity contribution in [3.8, 4) is 11.4 Å². The van der Waals surface area contributed by atoms with Gasteiger partial charge in [-0.25, -0.2) is 9.07 Å². The first-order chi connectivity index (χ1) is 12.5. The maximum Gasteiger partial charge on any atom is 0.258 e. The molecule has 1 aromatic carbocycles. The Balaban J connectivity index is 1.68. The largest absolute Gasteiger partial charge is 0.489 e. The molecule has 1 amide bonds. The van der Waals surface area contributed by atoms with Crippen molar-refractivity contribution >= 4 is 11.6 Å². The Labute approximate surface area is 149 Å². The van der Waals surface area contributed by atoms with Crippen LogP contribution in [0.3, 0.4) is 0 Å². The lowest BCUT2D eigenvalue weighted by molar-refractivity contribution is 0.0976. The molecule has 0 spiro atoms. The number of halogens is 1. The van der Waals surface area contributed by atoms with E-state index in [0.29, 0.717) is 30.3 Å². The van der Waals surface area contributed by atoms with Gasteiger partial charge in [-0.15, -0.1) is 0 Å². The minimum Gasteiger partial charge on any atom is -0.489 e. The predicted molar refractivity (Wildman–Crippen MR) is 94.4 cm³/mol. The average Bonchev–Trinajstić information content (AvgIpc) is 2.98. The molecule has 0 saturated carbocycles. The number of nitrogens with zero attached hydrogens (tertiary/aromatic N) is 4. The fraction of sp³-hybridized carbons (Fsp3) is 0.211. The quantitative estimate of drug-likeness (QED) is 0.711. The van der Waals surface area contributed by atoms with Gasteiger partial charge in [-0.2, -0.15) is 5.10 Å². The third-order valence-electron chi connectivity index (χ3n) is 4.30. The lowest BCUT2D eigenvalue weighted by Gasteiger charge is -2.29. The molecule has 7 heteroatoms. The molecule has 4 rings (SSSR count). The van der Waals surface area contributed by atoms with E-state index >= 15 is 0 Å². The molecular formula is C19H17FN4O2. The highest BCUT2D eigenvalue weighted by Crippen LogP contribution is 2.31. The Bertz CT molecular complexity index is 999. The van der Waals surface area contributed by atoms with Crippen molar-refractivity contribution in [2.45, 2.75) is 13.8 Å². The molecule has 0 radical (unpaired) electrons. The highest BCUT2D eigenvalue weighted by Gasteiger charge is 2.25. The van der Waals surface area contributed by atoms with Crippen molar-refractivity contribution in [2.75, 3.05) is 18.1 Å². The Kier molecular flexibility index (Phi) is 3.91. The first-order valence-corrected chi connectivity index (χ1v) is 8.26. The normalized spacial score (nSPS) is 13.3. The summed E-state index contributed by atoms with van der Waals surface area (Å²) in [6.45, 7) is 4.48. The number of hydrogen-bond donors (Lipinski definition) is 0. The van der Waals surface area contributed by atoms with E-state index in [9.17, 15) is 9.18 Å². The fourth-order valence-corrected chi connectivity index (χ4v) is 3.12. The van der Waals surface area contributed by atoms with E-state index in [2.05, 4.69) is 10.1 Å². The summed E-state index contributed by atoms with van der Waals surface area (Å²) in [4.78, 5) is 18.5. The SMILES string of the molecule is Cc1cc(C)n(-c2ccc(C(=O)N3CCOc4ccncc43)cc2F)n1. The number of hydrogen-bond acceptors (Lipinski definition) is 4. The number of amides is 1. The molecule has 26 heavy (non-hydrogen) atoms. The van der Waals surface area contributed by atoms with E-state index in [-0.39, 0.29) is 11.5 Å². The molecule has 3 aromatic rings. The van der Waals surface area contributed by atoms with Crippen molar-refractivity contribution in [2.24, 2.45) is 0 Å². The zero-order valence-corrected chi connectivity index (χ0v) is 14.4. The molecule has 0 unspecified atom stereocenters. The van der Waals surface area contributed by atoms with Gasteiger partial charge in [-0.1, -0.05) is 0 Å². The summed E-state index contributed by atoms with van der Waals surface area (Å²) in [5, 5.41) is 4.29. The number of ether oxygens (including phenoxy) is 1. The number of fused-ring (bicyclic) bond motifs is 1. The van der Waals surface area contributed by atoms with Crippen LogP contribution in [0.25, 0.3) is 5.69 Å². The summed E-state index contributed by atoms with van der Waals surface area (Å²) in [5.41, 5.74) is 2.81. The molecule has 2 aromatic heterocycles. The van der Waals surface area contributed by atoms with Gasteiger partial charge >= 0.3 is 0 Å². The monoisotopic (exact) mass is 352 g/mol. The van der Waals surface area contributed by atoms with Crippen LogP contribution in [0, 0.1) is 19.7 Å². The summed E-state index contributed by atoms with van der Waals surface area (Å²) in [7, 11) is 0. The predicted octanol–water partition coefficient (Wildman–Crippen LogP) is 3.06. The fourth-order valence-electron chi connectivity index (χ4n) is 3.12. The lowest BCUT2D eigenvalue weighted by atomic mass is 10.1. The first-order valence-electron chi connectivity index (χ1n) is 8.26. The van der Waals surface area contributed by atoms with Gasteiger partial charge in [-0.05, 0) is 38.1 Å². The van der Waals surface area contributed by atoms with Crippen LogP contribution in [0.2, 0.25) is 0 Å². The molecule has 132 valence electrons. The van der Waals surface area contributed by atoms with E-state index in [1.165, 1.54) is 10.7 Å². The second-order valence-electron chi connectivity index (χ2n) is 6.15. The molecule has 0 fully saturated rings. The minimum atomic E-state index is -0.498. The third-order valence-corrected chi connectivity index (χ3v) is 4.30. The number of anilines is 1. The van der Waals surface area contributed by atoms with Gasteiger partial charge < -0.3 is 9.64 Å². The van der Waals surface area contributed by atoms with Crippen LogP contribution < -0.4 is 9.64 Å². The van der Waals surface area contributed by atoms with Crippen LogP contribution >= 0.6 is 0 Å². The molecule has 0 bridgehead atoms. The third kappa shape index (κ3) is 2.71. The van der Waals surface area contributed by atoms with E-state index in [0.717, 1.165) is 11.4 Å². The maximum atomic E-state index is 14.7.